The van der Waals surface area contributed by atoms with Crippen LogP contribution >= 0.6 is 0 Å². The average Bonchev–Trinajstić information content (AvgIpc) is 2.97. The molecule has 0 radical (unpaired) electrons. The van der Waals surface area contributed by atoms with Gasteiger partial charge >= 0.3 is 0 Å². The number of hydrogen-bond donors (Lipinski definition) is 2. The predicted molar refractivity (Wildman–Crippen MR) is 99.2 cm³/mol. The first-order chi connectivity index (χ1) is 11.9. The van der Waals surface area contributed by atoms with Gasteiger partial charge in [-0.2, -0.15) is 5.10 Å². The summed E-state index contributed by atoms with van der Waals surface area (Å²) in [5.74, 6) is 0. The fraction of sp³-hybridized carbons (Fsp3) is 0.550. The van der Waals surface area contributed by atoms with Crippen molar-refractivity contribution in [1.82, 2.24) is 15.1 Å². The Bertz CT molecular complexity index is 733. The molecule has 2 N–H and O–H groups in total. The van der Waals surface area contributed by atoms with Crippen LogP contribution in [0.25, 0.3) is 5.69 Å². The Balaban J connectivity index is 1.75. The highest BCUT2D eigenvalue weighted by Gasteiger charge is 2.30. The SMILES string of the molecule is Cc1ccc(C)c(-n2ncc(C(C)NCC3(O)CCOCC3)c2C)c1. The zero-order valence-corrected chi connectivity index (χ0v) is 15.7. The fourth-order valence-corrected chi connectivity index (χ4v) is 3.42. The van der Waals surface area contributed by atoms with Gasteiger partial charge in [-0.25, -0.2) is 4.68 Å². The lowest BCUT2D eigenvalue weighted by atomic mass is 9.94. The molecule has 1 aromatic carbocycles. The molecule has 1 saturated heterocycles. The van der Waals surface area contributed by atoms with Crippen LogP contribution in [0.4, 0.5) is 0 Å². The quantitative estimate of drug-likeness (QED) is 0.876. The maximum atomic E-state index is 10.6. The minimum Gasteiger partial charge on any atom is -0.388 e. The van der Waals surface area contributed by atoms with Crippen molar-refractivity contribution in [3.05, 3.63) is 46.8 Å². The van der Waals surface area contributed by atoms with Crippen LogP contribution in [0.2, 0.25) is 0 Å². The summed E-state index contributed by atoms with van der Waals surface area (Å²) >= 11 is 0. The van der Waals surface area contributed by atoms with Gasteiger partial charge in [0.15, 0.2) is 0 Å². The molecule has 1 fully saturated rings. The first kappa shape index (κ1) is 18.1. The number of aryl methyl sites for hydroxylation is 2. The van der Waals surface area contributed by atoms with E-state index in [1.807, 2.05) is 10.9 Å². The number of benzene rings is 1. The van der Waals surface area contributed by atoms with Gasteiger partial charge in [0.1, 0.15) is 0 Å². The van der Waals surface area contributed by atoms with Crippen molar-refractivity contribution >= 4 is 0 Å². The molecule has 0 bridgehead atoms. The van der Waals surface area contributed by atoms with Gasteiger partial charge in [-0.3, -0.25) is 0 Å². The molecule has 1 aliphatic rings. The summed E-state index contributed by atoms with van der Waals surface area (Å²) in [7, 11) is 0. The molecule has 0 saturated carbocycles. The zero-order valence-electron chi connectivity index (χ0n) is 15.7. The first-order valence-electron chi connectivity index (χ1n) is 9.05. The lowest BCUT2D eigenvalue weighted by Crippen LogP contribution is -2.45. The molecule has 3 rings (SSSR count). The number of ether oxygens (including phenoxy) is 1. The second-order valence-electron chi connectivity index (χ2n) is 7.33. The topological polar surface area (TPSA) is 59.3 Å². The van der Waals surface area contributed by atoms with Crippen molar-refractivity contribution in [2.24, 2.45) is 0 Å². The number of aliphatic hydroxyl groups is 1. The molecule has 1 atom stereocenters. The monoisotopic (exact) mass is 343 g/mol. The van der Waals surface area contributed by atoms with Crippen LogP contribution in [0.3, 0.4) is 0 Å². The van der Waals surface area contributed by atoms with E-state index in [1.54, 1.807) is 0 Å². The minimum atomic E-state index is -0.663. The lowest BCUT2D eigenvalue weighted by Gasteiger charge is -2.33. The van der Waals surface area contributed by atoms with Gasteiger partial charge in [0.25, 0.3) is 0 Å². The molecule has 2 aromatic rings. The highest BCUT2D eigenvalue weighted by atomic mass is 16.5. The van der Waals surface area contributed by atoms with Crippen LogP contribution in [-0.4, -0.2) is 40.2 Å². The Morgan fingerprint density at radius 1 is 1.28 bits per heavy atom. The number of nitrogens with zero attached hydrogens (tertiary/aromatic N) is 2. The van der Waals surface area contributed by atoms with Gasteiger partial charge in [0.05, 0.1) is 17.5 Å². The van der Waals surface area contributed by atoms with Crippen LogP contribution in [0.15, 0.2) is 24.4 Å². The van der Waals surface area contributed by atoms with Gasteiger partial charge in [-0.05, 0) is 44.9 Å². The van der Waals surface area contributed by atoms with Crippen LogP contribution in [0.1, 0.15) is 48.2 Å². The smallest absolute Gasteiger partial charge is 0.0815 e. The van der Waals surface area contributed by atoms with Gasteiger partial charge in [0.2, 0.25) is 0 Å². The third-order valence-corrected chi connectivity index (χ3v) is 5.27. The number of nitrogens with one attached hydrogen (secondary N) is 1. The molecular formula is C20H29N3O2. The summed E-state index contributed by atoms with van der Waals surface area (Å²) in [6.45, 7) is 10.3. The van der Waals surface area contributed by atoms with E-state index in [1.165, 1.54) is 11.1 Å². The van der Waals surface area contributed by atoms with Crippen molar-refractivity contribution in [3.63, 3.8) is 0 Å². The molecule has 5 heteroatoms. The molecule has 2 heterocycles. The van der Waals surface area contributed by atoms with Gasteiger partial charge in [-0.1, -0.05) is 12.1 Å². The average molecular weight is 343 g/mol. The predicted octanol–water partition coefficient (Wildman–Crippen LogP) is 2.99. The molecule has 136 valence electrons. The van der Waals surface area contributed by atoms with Crippen LogP contribution in [0, 0.1) is 20.8 Å². The molecule has 1 unspecified atom stereocenters. The normalized spacial score (nSPS) is 18.3. The molecule has 5 nitrogen and oxygen atoms in total. The molecule has 1 aromatic heterocycles. The lowest BCUT2D eigenvalue weighted by molar-refractivity contribution is -0.0626. The van der Waals surface area contributed by atoms with Crippen molar-refractivity contribution in [2.75, 3.05) is 19.8 Å². The third-order valence-electron chi connectivity index (χ3n) is 5.27. The Labute approximate surface area is 150 Å². The summed E-state index contributed by atoms with van der Waals surface area (Å²) in [5, 5.41) is 18.7. The number of hydrogen-bond acceptors (Lipinski definition) is 4. The molecular weight excluding hydrogens is 314 g/mol. The van der Waals surface area contributed by atoms with E-state index in [4.69, 9.17) is 4.74 Å². The molecule has 1 aliphatic heterocycles. The van der Waals surface area contributed by atoms with E-state index >= 15 is 0 Å². The summed E-state index contributed by atoms with van der Waals surface area (Å²) < 4.78 is 7.36. The van der Waals surface area contributed by atoms with Crippen LogP contribution in [-0.2, 0) is 4.74 Å². The Hall–Kier alpha value is -1.69. The van der Waals surface area contributed by atoms with E-state index < -0.39 is 5.60 Å². The second-order valence-corrected chi connectivity index (χ2v) is 7.33. The van der Waals surface area contributed by atoms with Crippen LogP contribution < -0.4 is 5.32 Å². The standard InChI is InChI=1S/C20H29N3O2/c1-14-5-6-15(2)19(11-14)23-17(4)18(12-22-23)16(3)21-13-20(24)7-9-25-10-8-20/h5-6,11-12,16,21,24H,7-10,13H2,1-4H3. The van der Waals surface area contributed by atoms with Crippen molar-refractivity contribution in [1.29, 1.82) is 0 Å². The van der Waals surface area contributed by atoms with Crippen molar-refractivity contribution in [2.45, 2.75) is 52.2 Å². The number of aromatic nitrogens is 2. The van der Waals surface area contributed by atoms with E-state index in [0.29, 0.717) is 32.6 Å². The van der Waals surface area contributed by atoms with Crippen molar-refractivity contribution < 1.29 is 9.84 Å². The van der Waals surface area contributed by atoms with Gasteiger partial charge in [0, 0.05) is 49.9 Å². The van der Waals surface area contributed by atoms with E-state index in [2.05, 4.69) is 56.3 Å². The minimum absolute atomic E-state index is 0.130. The van der Waals surface area contributed by atoms with E-state index in [-0.39, 0.29) is 6.04 Å². The summed E-state index contributed by atoms with van der Waals surface area (Å²) in [6.07, 6.45) is 3.31. The van der Waals surface area contributed by atoms with Gasteiger partial charge in [-0.15, -0.1) is 0 Å². The van der Waals surface area contributed by atoms with Gasteiger partial charge < -0.3 is 15.2 Å². The van der Waals surface area contributed by atoms with Crippen molar-refractivity contribution in [3.8, 4) is 5.69 Å². The fourth-order valence-electron chi connectivity index (χ4n) is 3.42. The third kappa shape index (κ3) is 3.94. The molecule has 0 amide bonds. The molecule has 0 spiro atoms. The summed E-state index contributed by atoms with van der Waals surface area (Å²) in [5.41, 5.74) is 5.19. The zero-order chi connectivity index (χ0) is 18.0. The Morgan fingerprint density at radius 3 is 2.72 bits per heavy atom. The highest BCUT2D eigenvalue weighted by Crippen LogP contribution is 2.25. The van der Waals surface area contributed by atoms with E-state index in [9.17, 15) is 5.11 Å². The first-order valence-corrected chi connectivity index (χ1v) is 9.05. The molecule has 0 aliphatic carbocycles. The summed E-state index contributed by atoms with van der Waals surface area (Å²) in [4.78, 5) is 0. The second kappa shape index (κ2) is 7.28. The number of rotatable bonds is 5. The van der Waals surface area contributed by atoms with Crippen LogP contribution in [0.5, 0.6) is 0 Å². The molecule has 25 heavy (non-hydrogen) atoms. The Kier molecular flexibility index (Phi) is 5.27. The van der Waals surface area contributed by atoms with E-state index in [0.717, 1.165) is 16.9 Å². The maximum absolute atomic E-state index is 10.6. The maximum Gasteiger partial charge on any atom is 0.0815 e. The highest BCUT2D eigenvalue weighted by molar-refractivity contribution is 5.44. The summed E-state index contributed by atoms with van der Waals surface area (Å²) in [6, 6.07) is 6.55. The largest absolute Gasteiger partial charge is 0.388 e. The Morgan fingerprint density at radius 2 is 2.00 bits per heavy atom.